The molecule has 1 aliphatic heterocycles. The molecule has 4 rings (SSSR count). The molecule has 132 valence electrons. The highest BCUT2D eigenvalue weighted by molar-refractivity contribution is 5.90. The van der Waals surface area contributed by atoms with Crippen molar-refractivity contribution in [2.75, 3.05) is 4.90 Å². The summed E-state index contributed by atoms with van der Waals surface area (Å²) in [7, 11) is 0. The predicted molar refractivity (Wildman–Crippen MR) is 96.3 cm³/mol. The van der Waals surface area contributed by atoms with Gasteiger partial charge in [-0.05, 0) is 36.6 Å². The van der Waals surface area contributed by atoms with Crippen LogP contribution in [0.4, 0.5) is 10.3 Å². The molecule has 5 nitrogen and oxygen atoms in total. The standard InChI is InChI=1S/C20H19FN4O/c1-13-3-5-15(6-4-13)18-11-19(16-7-9-17(21)10-8-16)25-20(22-12-23-25)24(18)14(2)26/h3-10,12,18-19H,11H2,1-2H3/t18-,19-/m1/s1. The number of halogens is 1. The second kappa shape index (κ2) is 6.37. The lowest BCUT2D eigenvalue weighted by atomic mass is 9.91. The lowest BCUT2D eigenvalue weighted by Crippen LogP contribution is -2.41. The van der Waals surface area contributed by atoms with Crippen LogP contribution in [0.15, 0.2) is 54.9 Å². The summed E-state index contributed by atoms with van der Waals surface area (Å²) >= 11 is 0. The van der Waals surface area contributed by atoms with Gasteiger partial charge in [0.2, 0.25) is 11.9 Å². The molecule has 2 aromatic carbocycles. The molecule has 1 aromatic heterocycles. The summed E-state index contributed by atoms with van der Waals surface area (Å²) in [5.41, 5.74) is 3.16. The molecule has 1 amide bonds. The summed E-state index contributed by atoms with van der Waals surface area (Å²) in [6, 6.07) is 14.3. The van der Waals surface area contributed by atoms with Crippen LogP contribution in [0.2, 0.25) is 0 Å². The molecule has 26 heavy (non-hydrogen) atoms. The number of rotatable bonds is 2. The van der Waals surface area contributed by atoms with E-state index < -0.39 is 0 Å². The zero-order valence-corrected chi connectivity index (χ0v) is 14.6. The van der Waals surface area contributed by atoms with E-state index in [1.165, 1.54) is 18.5 Å². The van der Waals surface area contributed by atoms with Gasteiger partial charge in [0.1, 0.15) is 12.1 Å². The maximum absolute atomic E-state index is 13.3. The van der Waals surface area contributed by atoms with Gasteiger partial charge < -0.3 is 0 Å². The summed E-state index contributed by atoms with van der Waals surface area (Å²) in [6.07, 6.45) is 2.10. The first-order chi connectivity index (χ1) is 12.5. The van der Waals surface area contributed by atoms with Crippen LogP contribution in [-0.4, -0.2) is 20.7 Å². The van der Waals surface area contributed by atoms with E-state index in [1.807, 2.05) is 31.2 Å². The molecule has 0 N–H and O–H groups in total. The number of hydrogen-bond donors (Lipinski definition) is 0. The molecule has 3 aromatic rings. The minimum absolute atomic E-state index is 0.0811. The molecule has 0 saturated carbocycles. The highest BCUT2D eigenvalue weighted by Crippen LogP contribution is 2.41. The van der Waals surface area contributed by atoms with Gasteiger partial charge in [0.25, 0.3) is 0 Å². The number of amides is 1. The molecular formula is C20H19FN4O. The van der Waals surface area contributed by atoms with Crippen molar-refractivity contribution in [3.63, 3.8) is 0 Å². The number of fused-ring (bicyclic) bond motifs is 1. The molecule has 2 atom stereocenters. The summed E-state index contributed by atoms with van der Waals surface area (Å²) in [6.45, 7) is 3.57. The van der Waals surface area contributed by atoms with E-state index >= 15 is 0 Å². The first-order valence-electron chi connectivity index (χ1n) is 8.56. The summed E-state index contributed by atoms with van der Waals surface area (Å²) in [5, 5.41) is 4.33. The number of carbonyl (C=O) groups excluding carboxylic acids is 1. The normalized spacial score (nSPS) is 19.3. The van der Waals surface area contributed by atoms with Crippen molar-refractivity contribution in [3.05, 3.63) is 77.4 Å². The third kappa shape index (κ3) is 2.77. The Kier molecular flexibility index (Phi) is 4.03. The first-order valence-corrected chi connectivity index (χ1v) is 8.56. The monoisotopic (exact) mass is 350 g/mol. The van der Waals surface area contributed by atoms with Gasteiger partial charge in [0.15, 0.2) is 0 Å². The van der Waals surface area contributed by atoms with Gasteiger partial charge in [-0.3, -0.25) is 9.69 Å². The van der Waals surface area contributed by atoms with E-state index in [1.54, 1.807) is 28.6 Å². The van der Waals surface area contributed by atoms with Crippen molar-refractivity contribution in [3.8, 4) is 0 Å². The Labute approximate surface area is 151 Å². The smallest absolute Gasteiger partial charge is 0.231 e. The van der Waals surface area contributed by atoms with Gasteiger partial charge in [0, 0.05) is 6.92 Å². The number of aryl methyl sites for hydroxylation is 1. The summed E-state index contributed by atoms with van der Waals surface area (Å²) in [4.78, 5) is 18.4. The van der Waals surface area contributed by atoms with E-state index in [4.69, 9.17) is 0 Å². The lowest BCUT2D eigenvalue weighted by molar-refractivity contribution is -0.117. The van der Waals surface area contributed by atoms with Gasteiger partial charge >= 0.3 is 0 Å². The van der Waals surface area contributed by atoms with Gasteiger partial charge in [-0.1, -0.05) is 42.0 Å². The topological polar surface area (TPSA) is 51.0 Å². The minimum Gasteiger partial charge on any atom is -0.275 e. The van der Waals surface area contributed by atoms with E-state index in [0.717, 1.165) is 16.7 Å². The van der Waals surface area contributed by atoms with Crippen molar-refractivity contribution in [2.45, 2.75) is 32.4 Å². The average molecular weight is 350 g/mol. The number of aromatic nitrogens is 3. The fourth-order valence-corrected chi connectivity index (χ4v) is 3.59. The number of carbonyl (C=O) groups is 1. The fourth-order valence-electron chi connectivity index (χ4n) is 3.59. The fraction of sp³-hybridized carbons (Fsp3) is 0.250. The Hall–Kier alpha value is -3.02. The quantitative estimate of drug-likeness (QED) is 0.706. The van der Waals surface area contributed by atoms with Crippen molar-refractivity contribution in [1.82, 2.24) is 14.8 Å². The average Bonchev–Trinajstić information content (AvgIpc) is 3.11. The van der Waals surface area contributed by atoms with E-state index in [-0.39, 0.29) is 23.8 Å². The maximum Gasteiger partial charge on any atom is 0.231 e. The third-order valence-corrected chi connectivity index (χ3v) is 4.88. The Bertz CT molecular complexity index is 933. The molecule has 0 saturated heterocycles. The van der Waals surface area contributed by atoms with Crippen LogP contribution in [0.5, 0.6) is 0 Å². The number of hydrogen-bond acceptors (Lipinski definition) is 3. The molecule has 0 aliphatic carbocycles. The zero-order chi connectivity index (χ0) is 18.3. The SMILES string of the molecule is CC(=O)N1c2ncnn2[C@@H](c2ccc(F)cc2)C[C@@H]1c1ccc(C)cc1. The van der Waals surface area contributed by atoms with E-state index in [0.29, 0.717) is 12.4 Å². The van der Waals surface area contributed by atoms with Gasteiger partial charge in [-0.15, -0.1) is 0 Å². The molecule has 1 aliphatic rings. The molecule has 6 heteroatoms. The summed E-state index contributed by atoms with van der Waals surface area (Å²) in [5.74, 6) is 0.162. The molecular weight excluding hydrogens is 331 g/mol. The number of nitrogens with zero attached hydrogens (tertiary/aromatic N) is 4. The van der Waals surface area contributed by atoms with E-state index in [9.17, 15) is 9.18 Å². The van der Waals surface area contributed by atoms with Crippen LogP contribution in [0.1, 0.15) is 42.1 Å². The zero-order valence-electron chi connectivity index (χ0n) is 14.6. The van der Waals surface area contributed by atoms with Crippen LogP contribution in [0.25, 0.3) is 0 Å². The molecule has 2 heterocycles. The van der Waals surface area contributed by atoms with Crippen molar-refractivity contribution < 1.29 is 9.18 Å². The van der Waals surface area contributed by atoms with Gasteiger partial charge in [-0.25, -0.2) is 9.07 Å². The number of benzene rings is 2. The highest BCUT2D eigenvalue weighted by atomic mass is 19.1. The molecule has 0 fully saturated rings. The first kappa shape index (κ1) is 16.4. The van der Waals surface area contributed by atoms with Crippen molar-refractivity contribution >= 4 is 11.9 Å². The maximum atomic E-state index is 13.3. The Morgan fingerprint density at radius 3 is 2.31 bits per heavy atom. The van der Waals surface area contributed by atoms with Gasteiger partial charge in [-0.2, -0.15) is 10.1 Å². The Morgan fingerprint density at radius 2 is 1.65 bits per heavy atom. The van der Waals surface area contributed by atoms with Crippen molar-refractivity contribution in [1.29, 1.82) is 0 Å². The second-order valence-corrected chi connectivity index (χ2v) is 6.62. The predicted octanol–water partition coefficient (Wildman–Crippen LogP) is 3.81. The van der Waals surface area contributed by atoms with Crippen LogP contribution in [-0.2, 0) is 4.79 Å². The van der Waals surface area contributed by atoms with Crippen molar-refractivity contribution in [2.24, 2.45) is 0 Å². The minimum atomic E-state index is -0.274. The Morgan fingerprint density at radius 1 is 1.04 bits per heavy atom. The molecule has 0 unspecified atom stereocenters. The molecule has 0 spiro atoms. The van der Waals surface area contributed by atoms with E-state index in [2.05, 4.69) is 10.1 Å². The molecule has 0 bridgehead atoms. The Balaban J connectivity index is 1.82. The van der Waals surface area contributed by atoms with Crippen LogP contribution in [0.3, 0.4) is 0 Å². The summed E-state index contributed by atoms with van der Waals surface area (Å²) < 4.78 is 15.1. The molecule has 0 radical (unpaired) electrons. The van der Waals surface area contributed by atoms with Crippen LogP contribution in [0, 0.1) is 12.7 Å². The highest BCUT2D eigenvalue weighted by Gasteiger charge is 2.38. The lowest BCUT2D eigenvalue weighted by Gasteiger charge is -2.38. The third-order valence-electron chi connectivity index (χ3n) is 4.88. The number of anilines is 1. The van der Waals surface area contributed by atoms with Gasteiger partial charge in [0.05, 0.1) is 12.1 Å². The van der Waals surface area contributed by atoms with Crippen LogP contribution < -0.4 is 4.90 Å². The largest absolute Gasteiger partial charge is 0.275 e. The second-order valence-electron chi connectivity index (χ2n) is 6.62. The van der Waals surface area contributed by atoms with Crippen LogP contribution >= 0.6 is 0 Å².